The normalized spacial score (nSPS) is 11.9. The van der Waals surface area contributed by atoms with E-state index in [1.165, 1.54) is 25.3 Å². The van der Waals surface area contributed by atoms with Crippen molar-refractivity contribution in [2.45, 2.75) is 19.4 Å². The molecule has 0 radical (unpaired) electrons. The van der Waals surface area contributed by atoms with Crippen LogP contribution in [0.1, 0.15) is 23.7 Å². The molecule has 0 spiro atoms. The van der Waals surface area contributed by atoms with Crippen LogP contribution in [0.25, 0.3) is 0 Å². The fourth-order valence-electron chi connectivity index (χ4n) is 1.71. The molecule has 0 aliphatic carbocycles. The first-order valence-corrected chi connectivity index (χ1v) is 5.77. The van der Waals surface area contributed by atoms with E-state index in [4.69, 9.17) is 9.84 Å². The van der Waals surface area contributed by atoms with Gasteiger partial charge < -0.3 is 15.2 Å². The molecule has 7 heteroatoms. The minimum absolute atomic E-state index is 0.118. The van der Waals surface area contributed by atoms with E-state index in [0.717, 1.165) is 0 Å². The molecule has 1 aromatic carbocycles. The smallest absolute Gasteiger partial charge is 0.342 e. The van der Waals surface area contributed by atoms with Crippen LogP contribution in [0.2, 0.25) is 0 Å². The molecule has 0 saturated carbocycles. The zero-order valence-corrected chi connectivity index (χ0v) is 10.8. The Hall–Kier alpha value is -2.15. The maximum atomic E-state index is 11.0. The molecule has 0 heterocycles. The first-order chi connectivity index (χ1) is 9.01. The highest BCUT2D eigenvalue weighted by Gasteiger charge is 2.25. The molecule has 1 rings (SSSR count). The van der Waals surface area contributed by atoms with Gasteiger partial charge in [0.05, 0.1) is 11.5 Å². The number of nitrogens with zero attached hydrogens (tertiary/aromatic N) is 1. The maximum absolute atomic E-state index is 11.0. The fourth-order valence-corrected chi connectivity index (χ4v) is 1.71. The van der Waals surface area contributed by atoms with Gasteiger partial charge in [-0.2, -0.15) is 0 Å². The van der Waals surface area contributed by atoms with Gasteiger partial charge in [-0.1, -0.05) is 13.0 Å². The summed E-state index contributed by atoms with van der Waals surface area (Å²) in [5.41, 5.74) is -0.569. The number of nitrogens with one attached hydrogen (secondary N) is 1. The van der Waals surface area contributed by atoms with Gasteiger partial charge in [0.2, 0.25) is 0 Å². The van der Waals surface area contributed by atoms with Gasteiger partial charge in [-0.25, -0.2) is 4.79 Å². The first kappa shape index (κ1) is 14.9. The Morgan fingerprint density at radius 2 is 2.26 bits per heavy atom. The van der Waals surface area contributed by atoms with Gasteiger partial charge in [-0.15, -0.1) is 0 Å². The molecule has 7 nitrogen and oxygen atoms in total. The van der Waals surface area contributed by atoms with Crippen LogP contribution in [0.3, 0.4) is 0 Å². The second kappa shape index (κ2) is 6.69. The van der Waals surface area contributed by atoms with Crippen molar-refractivity contribution in [1.29, 1.82) is 0 Å². The number of methoxy groups -OCH3 is 1. The highest BCUT2D eigenvalue weighted by Crippen LogP contribution is 2.29. The van der Waals surface area contributed by atoms with Crippen molar-refractivity contribution in [2.24, 2.45) is 0 Å². The summed E-state index contributed by atoms with van der Waals surface area (Å²) in [6.45, 7) is 2.29. The number of para-hydroxylation sites is 1. The van der Waals surface area contributed by atoms with Crippen LogP contribution in [0.5, 0.6) is 0 Å². The minimum Gasteiger partial charge on any atom is -0.477 e. The number of nitro groups is 1. The molecule has 104 valence electrons. The molecule has 0 saturated heterocycles. The van der Waals surface area contributed by atoms with Crippen LogP contribution in [-0.2, 0) is 4.74 Å². The Morgan fingerprint density at radius 3 is 2.74 bits per heavy atom. The van der Waals surface area contributed by atoms with Gasteiger partial charge in [-0.3, -0.25) is 10.1 Å². The third kappa shape index (κ3) is 3.65. The third-order valence-corrected chi connectivity index (χ3v) is 2.67. The predicted molar refractivity (Wildman–Crippen MR) is 69.6 cm³/mol. The van der Waals surface area contributed by atoms with Crippen molar-refractivity contribution in [1.82, 2.24) is 0 Å². The summed E-state index contributed by atoms with van der Waals surface area (Å²) in [5, 5.41) is 23.0. The molecule has 1 unspecified atom stereocenters. The summed E-state index contributed by atoms with van der Waals surface area (Å²) in [4.78, 5) is 21.4. The number of carboxylic acid groups (broad SMARTS) is 1. The van der Waals surface area contributed by atoms with Crippen LogP contribution in [-0.4, -0.2) is 35.8 Å². The molecule has 19 heavy (non-hydrogen) atoms. The Morgan fingerprint density at radius 1 is 1.58 bits per heavy atom. The van der Waals surface area contributed by atoms with Crippen molar-refractivity contribution in [2.75, 3.05) is 19.0 Å². The van der Waals surface area contributed by atoms with Gasteiger partial charge in [-0.05, 0) is 18.6 Å². The fraction of sp³-hybridized carbons (Fsp3) is 0.417. The number of nitro benzene ring substituents is 1. The number of carbonyl (C=O) groups is 1. The predicted octanol–water partition coefficient (Wildman–Crippen LogP) is 2.13. The Labute approximate surface area is 110 Å². The molecule has 0 amide bonds. The summed E-state index contributed by atoms with van der Waals surface area (Å²) in [7, 11) is 1.53. The number of aromatic carboxylic acids is 1. The number of ether oxygens (including phenoxy) is 1. The molecule has 0 aliphatic heterocycles. The highest BCUT2D eigenvalue weighted by atomic mass is 16.6. The van der Waals surface area contributed by atoms with Gasteiger partial charge in [0, 0.05) is 13.2 Å². The van der Waals surface area contributed by atoms with Gasteiger partial charge >= 0.3 is 11.7 Å². The lowest BCUT2D eigenvalue weighted by Crippen LogP contribution is -2.24. The van der Waals surface area contributed by atoms with E-state index in [1.807, 2.05) is 6.92 Å². The van der Waals surface area contributed by atoms with Crippen molar-refractivity contribution in [3.05, 3.63) is 33.9 Å². The van der Waals surface area contributed by atoms with Gasteiger partial charge in [0.25, 0.3) is 0 Å². The van der Waals surface area contributed by atoms with Crippen LogP contribution >= 0.6 is 0 Å². The molecule has 0 aliphatic rings. The molecular formula is C12H16N2O5. The summed E-state index contributed by atoms with van der Waals surface area (Å²) in [6, 6.07) is 4.05. The average Bonchev–Trinajstić information content (AvgIpc) is 2.37. The molecule has 1 aromatic rings. The van der Waals surface area contributed by atoms with E-state index < -0.39 is 16.6 Å². The number of carboxylic acids is 1. The van der Waals surface area contributed by atoms with Crippen molar-refractivity contribution < 1.29 is 19.6 Å². The topological polar surface area (TPSA) is 102 Å². The lowest BCUT2D eigenvalue weighted by molar-refractivity contribution is -0.384. The standard InChI is InChI=1S/C12H16N2O5/c1-3-8(7-19-2)13-10-6-4-5-9(12(15)16)11(10)14(17)18/h4-6,8,13H,3,7H2,1-2H3,(H,15,16). The quantitative estimate of drug-likeness (QED) is 0.580. The zero-order valence-electron chi connectivity index (χ0n) is 10.8. The second-order valence-corrected chi connectivity index (χ2v) is 3.97. The number of hydrogen-bond acceptors (Lipinski definition) is 5. The summed E-state index contributed by atoms with van der Waals surface area (Å²) < 4.78 is 5.00. The van der Waals surface area contributed by atoms with E-state index in [2.05, 4.69) is 5.32 Å². The Kier molecular flexibility index (Phi) is 5.25. The van der Waals surface area contributed by atoms with Crippen LogP contribution in [0.4, 0.5) is 11.4 Å². The molecule has 0 bridgehead atoms. The number of rotatable bonds is 7. The third-order valence-electron chi connectivity index (χ3n) is 2.67. The molecule has 0 aromatic heterocycles. The van der Waals surface area contributed by atoms with Crippen molar-refractivity contribution in [3.63, 3.8) is 0 Å². The number of hydrogen-bond donors (Lipinski definition) is 2. The lowest BCUT2D eigenvalue weighted by Gasteiger charge is -2.17. The number of anilines is 1. The van der Waals surface area contributed by atoms with E-state index in [0.29, 0.717) is 13.0 Å². The molecular weight excluding hydrogens is 252 g/mol. The van der Waals surface area contributed by atoms with Crippen LogP contribution < -0.4 is 5.32 Å². The van der Waals surface area contributed by atoms with Crippen molar-refractivity contribution >= 4 is 17.3 Å². The van der Waals surface area contributed by atoms with Gasteiger partial charge in [0.1, 0.15) is 11.3 Å². The van der Waals surface area contributed by atoms with Crippen LogP contribution in [0.15, 0.2) is 18.2 Å². The Bertz CT molecular complexity index is 475. The lowest BCUT2D eigenvalue weighted by atomic mass is 10.1. The van der Waals surface area contributed by atoms with Crippen LogP contribution in [0, 0.1) is 10.1 Å². The summed E-state index contributed by atoms with van der Waals surface area (Å²) in [5.74, 6) is -1.32. The van der Waals surface area contributed by atoms with Gasteiger partial charge in [0.15, 0.2) is 0 Å². The van der Waals surface area contributed by atoms with E-state index in [-0.39, 0.29) is 17.3 Å². The minimum atomic E-state index is -1.32. The Balaban J connectivity index is 3.16. The van der Waals surface area contributed by atoms with E-state index in [9.17, 15) is 14.9 Å². The summed E-state index contributed by atoms with van der Waals surface area (Å²) in [6.07, 6.45) is 0.697. The molecule has 2 N–H and O–H groups in total. The average molecular weight is 268 g/mol. The molecule has 0 fully saturated rings. The highest BCUT2D eigenvalue weighted by molar-refractivity contribution is 5.95. The first-order valence-electron chi connectivity index (χ1n) is 5.77. The summed E-state index contributed by atoms with van der Waals surface area (Å²) >= 11 is 0. The molecule has 1 atom stereocenters. The largest absolute Gasteiger partial charge is 0.477 e. The second-order valence-electron chi connectivity index (χ2n) is 3.97. The monoisotopic (exact) mass is 268 g/mol. The zero-order chi connectivity index (χ0) is 14.4. The number of benzene rings is 1. The maximum Gasteiger partial charge on any atom is 0.342 e. The van der Waals surface area contributed by atoms with E-state index >= 15 is 0 Å². The SMILES string of the molecule is CCC(COC)Nc1cccc(C(=O)O)c1[N+](=O)[O-]. The van der Waals surface area contributed by atoms with E-state index in [1.54, 1.807) is 0 Å². The van der Waals surface area contributed by atoms with Crippen molar-refractivity contribution in [3.8, 4) is 0 Å².